The SMILES string of the molecule is COC(=O)c1ccc(F)cc1Nc1nccs1. The molecule has 0 aliphatic rings. The first-order valence-electron chi connectivity index (χ1n) is 4.75. The van der Waals surface area contributed by atoms with Crippen LogP contribution in [0.2, 0.25) is 0 Å². The number of carbonyl (C=O) groups excluding carboxylic acids is 1. The molecule has 0 aliphatic heterocycles. The number of halogens is 1. The van der Waals surface area contributed by atoms with Crippen molar-refractivity contribution in [1.29, 1.82) is 0 Å². The van der Waals surface area contributed by atoms with Gasteiger partial charge < -0.3 is 10.1 Å². The van der Waals surface area contributed by atoms with E-state index in [0.29, 0.717) is 10.8 Å². The summed E-state index contributed by atoms with van der Waals surface area (Å²) in [5, 5.41) is 5.24. The minimum Gasteiger partial charge on any atom is -0.465 e. The summed E-state index contributed by atoms with van der Waals surface area (Å²) in [6.07, 6.45) is 1.62. The molecular weight excluding hydrogens is 243 g/mol. The topological polar surface area (TPSA) is 51.2 Å². The van der Waals surface area contributed by atoms with Crippen LogP contribution in [-0.4, -0.2) is 18.1 Å². The highest BCUT2D eigenvalue weighted by Crippen LogP contribution is 2.23. The zero-order valence-electron chi connectivity index (χ0n) is 8.94. The Labute approximate surface area is 101 Å². The van der Waals surface area contributed by atoms with Crippen LogP contribution in [0, 0.1) is 5.82 Å². The standard InChI is InChI=1S/C11H9FN2O2S/c1-16-10(15)8-3-2-7(12)6-9(8)14-11-13-4-5-17-11/h2-6H,1H3,(H,13,14). The molecule has 1 N–H and O–H groups in total. The lowest BCUT2D eigenvalue weighted by molar-refractivity contribution is 0.0602. The normalized spacial score (nSPS) is 10.0. The number of anilines is 2. The van der Waals surface area contributed by atoms with Gasteiger partial charge in [-0.1, -0.05) is 0 Å². The van der Waals surface area contributed by atoms with E-state index in [1.807, 2.05) is 0 Å². The summed E-state index contributed by atoms with van der Waals surface area (Å²) in [6.45, 7) is 0. The Kier molecular flexibility index (Phi) is 3.34. The molecule has 17 heavy (non-hydrogen) atoms. The van der Waals surface area contributed by atoms with E-state index in [2.05, 4.69) is 15.0 Å². The van der Waals surface area contributed by atoms with Gasteiger partial charge in [-0.3, -0.25) is 0 Å². The number of ether oxygens (including phenoxy) is 1. The third kappa shape index (κ3) is 2.59. The number of thiazole rings is 1. The second kappa shape index (κ2) is 4.92. The molecule has 88 valence electrons. The number of esters is 1. The fourth-order valence-electron chi connectivity index (χ4n) is 1.31. The third-order valence-electron chi connectivity index (χ3n) is 2.06. The molecule has 2 rings (SSSR count). The Morgan fingerprint density at radius 3 is 3.00 bits per heavy atom. The predicted molar refractivity (Wildman–Crippen MR) is 63.1 cm³/mol. The molecule has 0 bridgehead atoms. The molecule has 1 heterocycles. The fraction of sp³-hybridized carbons (Fsp3) is 0.0909. The Balaban J connectivity index is 2.36. The maximum Gasteiger partial charge on any atom is 0.339 e. The van der Waals surface area contributed by atoms with E-state index in [-0.39, 0.29) is 5.56 Å². The van der Waals surface area contributed by atoms with Crippen LogP contribution in [0.1, 0.15) is 10.4 Å². The largest absolute Gasteiger partial charge is 0.465 e. The number of benzene rings is 1. The Morgan fingerprint density at radius 2 is 2.35 bits per heavy atom. The van der Waals surface area contributed by atoms with Crippen LogP contribution in [-0.2, 0) is 4.74 Å². The minimum absolute atomic E-state index is 0.268. The highest BCUT2D eigenvalue weighted by molar-refractivity contribution is 7.13. The van der Waals surface area contributed by atoms with Crippen LogP contribution in [0.15, 0.2) is 29.8 Å². The van der Waals surface area contributed by atoms with Crippen molar-refractivity contribution >= 4 is 28.1 Å². The van der Waals surface area contributed by atoms with Crippen LogP contribution in [0.5, 0.6) is 0 Å². The molecule has 0 spiro atoms. The van der Waals surface area contributed by atoms with E-state index in [9.17, 15) is 9.18 Å². The first-order chi connectivity index (χ1) is 8.20. The lowest BCUT2D eigenvalue weighted by Gasteiger charge is -2.08. The fourth-order valence-corrected chi connectivity index (χ4v) is 1.85. The second-order valence-corrected chi connectivity index (χ2v) is 4.04. The number of methoxy groups -OCH3 is 1. The van der Waals surface area contributed by atoms with Gasteiger partial charge in [0.1, 0.15) is 5.82 Å². The first kappa shape index (κ1) is 11.5. The molecule has 0 radical (unpaired) electrons. The molecule has 1 aromatic heterocycles. The Bertz CT molecular complexity index is 528. The number of rotatable bonds is 3. The van der Waals surface area contributed by atoms with Crippen LogP contribution in [0.25, 0.3) is 0 Å². The van der Waals surface area contributed by atoms with Crippen molar-refractivity contribution in [2.75, 3.05) is 12.4 Å². The number of hydrogen-bond donors (Lipinski definition) is 1. The van der Waals surface area contributed by atoms with E-state index in [1.54, 1.807) is 11.6 Å². The van der Waals surface area contributed by atoms with Crippen LogP contribution in [0.3, 0.4) is 0 Å². The Morgan fingerprint density at radius 1 is 1.53 bits per heavy atom. The van der Waals surface area contributed by atoms with E-state index < -0.39 is 11.8 Å². The maximum atomic E-state index is 13.1. The van der Waals surface area contributed by atoms with Crippen molar-refractivity contribution in [1.82, 2.24) is 4.98 Å². The van der Waals surface area contributed by atoms with Gasteiger partial charge in [-0.05, 0) is 18.2 Å². The van der Waals surface area contributed by atoms with Crippen LogP contribution < -0.4 is 5.32 Å². The zero-order chi connectivity index (χ0) is 12.3. The molecule has 1 aromatic carbocycles. The molecular formula is C11H9FN2O2S. The summed E-state index contributed by atoms with van der Waals surface area (Å²) < 4.78 is 17.8. The molecule has 0 fully saturated rings. The summed E-state index contributed by atoms with van der Waals surface area (Å²) in [5.74, 6) is -0.958. The number of nitrogens with one attached hydrogen (secondary N) is 1. The molecule has 6 heteroatoms. The van der Waals surface area contributed by atoms with Gasteiger partial charge in [0.25, 0.3) is 0 Å². The average molecular weight is 252 g/mol. The third-order valence-corrected chi connectivity index (χ3v) is 2.75. The first-order valence-corrected chi connectivity index (χ1v) is 5.63. The molecule has 2 aromatic rings. The van der Waals surface area contributed by atoms with Crippen molar-refractivity contribution in [3.8, 4) is 0 Å². The Hall–Kier alpha value is -1.95. The smallest absolute Gasteiger partial charge is 0.339 e. The second-order valence-electron chi connectivity index (χ2n) is 3.14. The van der Waals surface area contributed by atoms with Gasteiger partial charge in [-0.25, -0.2) is 14.2 Å². The zero-order valence-corrected chi connectivity index (χ0v) is 9.75. The molecule has 0 saturated heterocycles. The van der Waals surface area contributed by atoms with Crippen LogP contribution >= 0.6 is 11.3 Å². The number of aromatic nitrogens is 1. The number of nitrogens with zero attached hydrogens (tertiary/aromatic N) is 1. The monoisotopic (exact) mass is 252 g/mol. The predicted octanol–water partition coefficient (Wildman–Crippen LogP) is 2.81. The van der Waals surface area contributed by atoms with Gasteiger partial charge in [-0.15, -0.1) is 11.3 Å². The van der Waals surface area contributed by atoms with Crippen LogP contribution in [0.4, 0.5) is 15.2 Å². The molecule has 0 amide bonds. The minimum atomic E-state index is -0.524. The van der Waals surface area contributed by atoms with E-state index in [0.717, 1.165) is 0 Å². The van der Waals surface area contributed by atoms with Gasteiger partial charge in [-0.2, -0.15) is 0 Å². The average Bonchev–Trinajstić information content (AvgIpc) is 2.81. The van der Waals surface area contributed by atoms with Gasteiger partial charge >= 0.3 is 5.97 Å². The lowest BCUT2D eigenvalue weighted by atomic mass is 10.2. The molecule has 0 atom stereocenters. The summed E-state index contributed by atoms with van der Waals surface area (Å²) in [4.78, 5) is 15.5. The lowest BCUT2D eigenvalue weighted by Crippen LogP contribution is -2.05. The highest BCUT2D eigenvalue weighted by atomic mass is 32.1. The van der Waals surface area contributed by atoms with Crippen molar-refractivity contribution in [2.45, 2.75) is 0 Å². The summed E-state index contributed by atoms with van der Waals surface area (Å²) in [6, 6.07) is 3.81. The van der Waals surface area contributed by atoms with Gasteiger partial charge in [0, 0.05) is 11.6 Å². The van der Waals surface area contributed by atoms with Crippen molar-refractivity contribution in [3.05, 3.63) is 41.2 Å². The van der Waals surface area contributed by atoms with Crippen molar-refractivity contribution < 1.29 is 13.9 Å². The number of hydrogen-bond acceptors (Lipinski definition) is 5. The number of carbonyl (C=O) groups is 1. The van der Waals surface area contributed by atoms with Gasteiger partial charge in [0.15, 0.2) is 5.13 Å². The molecule has 0 unspecified atom stereocenters. The van der Waals surface area contributed by atoms with Gasteiger partial charge in [0.2, 0.25) is 0 Å². The molecule has 4 nitrogen and oxygen atoms in total. The van der Waals surface area contributed by atoms with Crippen molar-refractivity contribution in [3.63, 3.8) is 0 Å². The van der Waals surface area contributed by atoms with E-state index in [1.165, 1.54) is 36.6 Å². The molecule has 0 aliphatic carbocycles. The quantitative estimate of drug-likeness (QED) is 0.853. The molecule has 0 saturated carbocycles. The summed E-state index contributed by atoms with van der Waals surface area (Å²) >= 11 is 1.35. The summed E-state index contributed by atoms with van der Waals surface area (Å²) in [7, 11) is 1.28. The van der Waals surface area contributed by atoms with Gasteiger partial charge in [0.05, 0.1) is 18.4 Å². The van der Waals surface area contributed by atoms with E-state index in [4.69, 9.17) is 0 Å². The summed E-state index contributed by atoms with van der Waals surface area (Å²) in [5.41, 5.74) is 0.607. The van der Waals surface area contributed by atoms with E-state index >= 15 is 0 Å². The highest BCUT2D eigenvalue weighted by Gasteiger charge is 2.13. The maximum absolute atomic E-state index is 13.1. The van der Waals surface area contributed by atoms with Crippen molar-refractivity contribution in [2.24, 2.45) is 0 Å².